The molecule has 0 radical (unpaired) electrons. The Morgan fingerprint density at radius 2 is 2.04 bits per heavy atom. The Morgan fingerprint density at radius 3 is 2.64 bits per heavy atom. The van der Waals surface area contributed by atoms with E-state index >= 15 is 0 Å². The third-order valence-corrected chi connectivity index (χ3v) is 6.77. The number of halogens is 1. The second-order valence-corrected chi connectivity index (χ2v) is 9.66. The molecule has 2 heterocycles. The van der Waals surface area contributed by atoms with Gasteiger partial charge in [0.2, 0.25) is 5.88 Å². The molecule has 0 N–H and O–H groups in total. The first-order chi connectivity index (χ1) is 13.2. The molecule has 0 aliphatic heterocycles. The van der Waals surface area contributed by atoms with E-state index in [4.69, 9.17) is 21.9 Å². The molecule has 0 aliphatic rings. The van der Waals surface area contributed by atoms with Crippen molar-refractivity contribution in [2.75, 3.05) is 11.5 Å². The molecule has 0 saturated carbocycles. The maximum absolute atomic E-state index is 11.7. The number of pyridine rings is 2. The highest BCUT2D eigenvalue weighted by Crippen LogP contribution is 2.37. The van der Waals surface area contributed by atoms with Gasteiger partial charge < -0.3 is 4.74 Å². The van der Waals surface area contributed by atoms with Gasteiger partial charge in [0.15, 0.2) is 0 Å². The average molecular weight is 426 g/mol. The highest BCUT2D eigenvalue weighted by molar-refractivity contribution is 7.91. The van der Waals surface area contributed by atoms with Crippen LogP contribution in [0.1, 0.15) is 46.1 Å². The predicted octanol–water partition coefficient (Wildman–Crippen LogP) is 4.81. The number of hydrogen-bond donors (Lipinski definition) is 0. The Balaban J connectivity index is 2.45. The van der Waals surface area contributed by atoms with Crippen LogP contribution in [-0.2, 0) is 15.4 Å². The summed E-state index contributed by atoms with van der Waals surface area (Å²) in [6, 6.07) is 1.69. The fourth-order valence-corrected chi connectivity index (χ4v) is 3.90. The van der Waals surface area contributed by atoms with Gasteiger partial charge in [-0.3, -0.25) is 0 Å². The molecule has 28 heavy (non-hydrogen) atoms. The van der Waals surface area contributed by atoms with Crippen LogP contribution < -0.4 is 4.74 Å². The van der Waals surface area contributed by atoms with Gasteiger partial charge >= 0.3 is 0 Å². The Labute approximate surface area is 169 Å². The van der Waals surface area contributed by atoms with E-state index in [0.717, 1.165) is 10.9 Å². The highest BCUT2D eigenvalue weighted by atomic mass is 35.5. The molecule has 0 saturated heterocycles. The summed E-state index contributed by atoms with van der Waals surface area (Å²) in [5.41, 5.74) is 8.89. The maximum Gasteiger partial charge on any atom is 0.223 e. The number of sulfone groups is 1. The zero-order valence-electron chi connectivity index (χ0n) is 16.4. The van der Waals surface area contributed by atoms with Crippen LogP contribution in [0.5, 0.6) is 5.88 Å². The summed E-state index contributed by atoms with van der Waals surface area (Å²) in [6.45, 7) is 7.17. The fraction of sp³-hybridized carbons (Fsp3) is 0.556. The molecule has 0 bridgehead atoms. The van der Waals surface area contributed by atoms with Crippen molar-refractivity contribution in [1.82, 2.24) is 9.97 Å². The van der Waals surface area contributed by atoms with Crippen molar-refractivity contribution in [2.45, 2.75) is 52.2 Å². The zero-order chi connectivity index (χ0) is 20.9. The maximum atomic E-state index is 11.7. The molecule has 2 aromatic rings. The Kier molecular flexibility index (Phi) is 7.09. The van der Waals surface area contributed by atoms with E-state index < -0.39 is 15.4 Å². The lowest BCUT2D eigenvalue weighted by Crippen LogP contribution is -2.21. The highest BCUT2D eigenvalue weighted by Gasteiger charge is 2.27. The average Bonchev–Trinajstić information content (AvgIpc) is 2.66. The first kappa shape index (κ1) is 22.2. The van der Waals surface area contributed by atoms with E-state index in [1.165, 1.54) is 0 Å². The topological polar surface area (TPSA) is 118 Å². The van der Waals surface area contributed by atoms with E-state index in [2.05, 4.69) is 20.0 Å². The van der Waals surface area contributed by atoms with Gasteiger partial charge in [-0.25, -0.2) is 18.4 Å². The van der Waals surface area contributed by atoms with Gasteiger partial charge in [-0.2, -0.15) is 0 Å². The molecule has 0 amide bonds. The minimum atomic E-state index is -3.07. The molecular weight excluding hydrogens is 402 g/mol. The summed E-state index contributed by atoms with van der Waals surface area (Å²) in [6.07, 6.45) is 3.74. The van der Waals surface area contributed by atoms with Gasteiger partial charge in [0, 0.05) is 23.1 Å². The predicted molar refractivity (Wildman–Crippen MR) is 110 cm³/mol. The van der Waals surface area contributed by atoms with Crippen LogP contribution in [0.4, 0.5) is 0 Å². The number of aromatic nitrogens is 2. The molecule has 2 aromatic heterocycles. The van der Waals surface area contributed by atoms with Crippen molar-refractivity contribution in [3.05, 3.63) is 39.6 Å². The Morgan fingerprint density at radius 1 is 1.32 bits per heavy atom. The molecule has 8 nitrogen and oxygen atoms in total. The number of azide groups is 1. The second kappa shape index (κ2) is 8.94. The van der Waals surface area contributed by atoms with Crippen molar-refractivity contribution in [3.8, 4) is 5.88 Å². The minimum absolute atomic E-state index is 0.0511. The standard InChI is InChI=1S/C18H24ClN5O3S/c1-5-18(4,23-24-20)15-11-22-17(14-10-21-16(19)9-13(14)15)27-12(3)7-8-28(25,26)6-2/h9-12H,5-8H2,1-4H3/t12-,18?/m0/s1. The number of fused-ring (bicyclic) bond motifs is 1. The van der Waals surface area contributed by atoms with Gasteiger partial charge in [0.05, 0.1) is 22.8 Å². The molecule has 0 aliphatic carbocycles. The van der Waals surface area contributed by atoms with Crippen LogP contribution >= 0.6 is 11.6 Å². The first-order valence-electron chi connectivity index (χ1n) is 9.03. The lowest BCUT2D eigenvalue weighted by atomic mass is 9.88. The Bertz CT molecular complexity index is 1010. The summed E-state index contributed by atoms with van der Waals surface area (Å²) in [7, 11) is -3.07. The summed E-state index contributed by atoms with van der Waals surface area (Å²) >= 11 is 6.09. The molecule has 2 rings (SSSR count). The normalized spacial score (nSPS) is 14.9. The summed E-state index contributed by atoms with van der Waals surface area (Å²) in [5, 5.41) is 5.61. The van der Waals surface area contributed by atoms with Crippen molar-refractivity contribution in [2.24, 2.45) is 5.11 Å². The van der Waals surface area contributed by atoms with Crippen molar-refractivity contribution >= 4 is 32.2 Å². The van der Waals surface area contributed by atoms with Crippen molar-refractivity contribution < 1.29 is 13.2 Å². The summed E-state index contributed by atoms with van der Waals surface area (Å²) in [4.78, 5) is 11.5. The third kappa shape index (κ3) is 5.04. The number of rotatable bonds is 9. The van der Waals surface area contributed by atoms with Crippen LogP contribution in [0.2, 0.25) is 5.15 Å². The monoisotopic (exact) mass is 425 g/mol. The van der Waals surface area contributed by atoms with Gasteiger partial charge in [-0.1, -0.05) is 30.6 Å². The smallest absolute Gasteiger partial charge is 0.223 e. The van der Waals surface area contributed by atoms with E-state index in [1.54, 1.807) is 32.3 Å². The minimum Gasteiger partial charge on any atom is -0.474 e. The van der Waals surface area contributed by atoms with E-state index in [-0.39, 0.29) is 17.6 Å². The van der Waals surface area contributed by atoms with Crippen molar-refractivity contribution in [1.29, 1.82) is 0 Å². The largest absolute Gasteiger partial charge is 0.474 e. The van der Waals surface area contributed by atoms with Gasteiger partial charge in [-0.05, 0) is 49.2 Å². The van der Waals surface area contributed by atoms with Crippen LogP contribution in [0.3, 0.4) is 0 Å². The lowest BCUT2D eigenvalue weighted by molar-refractivity contribution is 0.212. The van der Waals surface area contributed by atoms with Crippen LogP contribution in [0.25, 0.3) is 21.2 Å². The molecular formula is C18H24ClN5O3S. The fourth-order valence-electron chi connectivity index (χ4n) is 2.76. The number of nitrogens with zero attached hydrogens (tertiary/aromatic N) is 5. The van der Waals surface area contributed by atoms with Gasteiger partial charge in [0.25, 0.3) is 0 Å². The van der Waals surface area contributed by atoms with Crippen molar-refractivity contribution in [3.63, 3.8) is 0 Å². The van der Waals surface area contributed by atoms with Crippen LogP contribution in [0, 0.1) is 0 Å². The first-order valence-corrected chi connectivity index (χ1v) is 11.2. The molecule has 152 valence electrons. The van der Waals surface area contributed by atoms with Gasteiger partial charge in [0.1, 0.15) is 15.0 Å². The SMILES string of the molecule is CCC(C)(N=[N+]=[N-])c1cnc(O[C@@H](C)CCS(=O)(=O)CC)c2cnc(Cl)cc12. The number of ether oxygens (including phenoxy) is 1. The molecule has 10 heteroatoms. The van der Waals surface area contributed by atoms with Gasteiger partial charge in [-0.15, -0.1) is 0 Å². The third-order valence-electron chi connectivity index (χ3n) is 4.82. The Hall–Kier alpha value is -2.09. The molecule has 2 atom stereocenters. The summed E-state index contributed by atoms with van der Waals surface area (Å²) in [5.74, 6) is 0.492. The van der Waals surface area contributed by atoms with E-state index in [0.29, 0.717) is 29.3 Å². The van der Waals surface area contributed by atoms with E-state index in [1.807, 2.05) is 13.8 Å². The molecule has 0 fully saturated rings. The quantitative estimate of drug-likeness (QED) is 0.247. The number of hydrogen-bond acceptors (Lipinski definition) is 6. The summed E-state index contributed by atoms with van der Waals surface area (Å²) < 4.78 is 29.3. The van der Waals surface area contributed by atoms with Crippen LogP contribution in [-0.4, -0.2) is 36.0 Å². The van der Waals surface area contributed by atoms with E-state index in [9.17, 15) is 8.42 Å². The second-order valence-electron chi connectivity index (χ2n) is 6.80. The molecule has 0 spiro atoms. The molecule has 1 unspecified atom stereocenters. The molecule has 0 aromatic carbocycles. The zero-order valence-corrected chi connectivity index (χ0v) is 18.0. The van der Waals surface area contributed by atoms with Crippen LogP contribution in [0.15, 0.2) is 23.6 Å². The lowest BCUT2D eigenvalue weighted by Gasteiger charge is -2.25.